The molecule has 0 aliphatic heterocycles. The number of benzene rings is 1. The fraction of sp³-hybridized carbons (Fsp3) is 0.143. The molecule has 1 N–H and O–H groups in total. The van der Waals surface area contributed by atoms with Crippen LogP contribution in [0.2, 0.25) is 0 Å². The van der Waals surface area contributed by atoms with E-state index in [2.05, 4.69) is 28.5 Å². The standard InChI is InChI=1S/C7H9NS2/c9-10-8-6-7-4-2-1-3-5-7/h1-5,8-9H,6H2. The number of nitrogens with one attached hydrogen (secondary N) is 1. The average Bonchev–Trinajstić information content (AvgIpc) is 2.03. The highest BCUT2D eigenvalue weighted by Gasteiger charge is 1.86. The minimum absolute atomic E-state index is 0.870. The Morgan fingerprint density at radius 1 is 1.30 bits per heavy atom. The summed E-state index contributed by atoms with van der Waals surface area (Å²) >= 11 is 3.96. The Kier molecular flexibility index (Phi) is 3.72. The van der Waals surface area contributed by atoms with E-state index in [9.17, 15) is 0 Å². The lowest BCUT2D eigenvalue weighted by molar-refractivity contribution is 0.984. The molecule has 0 bridgehead atoms. The summed E-state index contributed by atoms with van der Waals surface area (Å²) in [7, 11) is 1.34. The van der Waals surface area contributed by atoms with E-state index in [0.29, 0.717) is 0 Å². The van der Waals surface area contributed by atoms with Crippen LogP contribution in [0.3, 0.4) is 0 Å². The molecule has 54 valence electrons. The summed E-state index contributed by atoms with van der Waals surface area (Å²) < 4.78 is 3.05. The van der Waals surface area contributed by atoms with Gasteiger partial charge >= 0.3 is 0 Å². The van der Waals surface area contributed by atoms with Crippen LogP contribution < -0.4 is 4.72 Å². The monoisotopic (exact) mass is 171 g/mol. The largest absolute Gasteiger partial charge is 0.251 e. The third-order valence-corrected chi connectivity index (χ3v) is 1.84. The van der Waals surface area contributed by atoms with Crippen molar-refractivity contribution in [3.05, 3.63) is 35.9 Å². The van der Waals surface area contributed by atoms with E-state index in [1.165, 1.54) is 16.5 Å². The molecular formula is C7H9NS2. The van der Waals surface area contributed by atoms with Crippen LogP contribution in [0, 0.1) is 0 Å². The van der Waals surface area contributed by atoms with Crippen LogP contribution in [0.4, 0.5) is 0 Å². The van der Waals surface area contributed by atoms with Gasteiger partial charge in [0.15, 0.2) is 0 Å². The molecule has 0 saturated carbocycles. The zero-order chi connectivity index (χ0) is 7.23. The Labute approximate surface area is 70.2 Å². The zero-order valence-corrected chi connectivity index (χ0v) is 7.16. The molecule has 3 heteroatoms. The summed E-state index contributed by atoms with van der Waals surface area (Å²) in [6.07, 6.45) is 0. The Morgan fingerprint density at radius 2 is 2.00 bits per heavy atom. The van der Waals surface area contributed by atoms with Gasteiger partial charge in [-0.1, -0.05) is 42.0 Å². The fourth-order valence-electron chi connectivity index (χ4n) is 0.711. The second-order valence-electron chi connectivity index (χ2n) is 1.90. The van der Waals surface area contributed by atoms with Crippen molar-refractivity contribution in [3.63, 3.8) is 0 Å². The highest BCUT2D eigenvalue weighted by Crippen LogP contribution is 2.02. The van der Waals surface area contributed by atoms with E-state index < -0.39 is 0 Å². The smallest absolute Gasteiger partial charge is 0.0317 e. The molecule has 0 radical (unpaired) electrons. The maximum atomic E-state index is 3.96. The molecule has 0 heterocycles. The van der Waals surface area contributed by atoms with Gasteiger partial charge in [-0.15, -0.1) is 0 Å². The van der Waals surface area contributed by atoms with Crippen LogP contribution in [0.5, 0.6) is 0 Å². The predicted molar refractivity (Wildman–Crippen MR) is 49.9 cm³/mol. The van der Waals surface area contributed by atoms with Gasteiger partial charge in [0.25, 0.3) is 0 Å². The first-order chi connectivity index (χ1) is 4.93. The lowest BCUT2D eigenvalue weighted by Crippen LogP contribution is -1.99. The van der Waals surface area contributed by atoms with Crippen molar-refractivity contribution < 1.29 is 0 Å². The topological polar surface area (TPSA) is 12.0 Å². The lowest BCUT2D eigenvalue weighted by Gasteiger charge is -1.97. The molecule has 0 unspecified atom stereocenters. The highest BCUT2D eigenvalue weighted by atomic mass is 33.1. The van der Waals surface area contributed by atoms with E-state index >= 15 is 0 Å². The van der Waals surface area contributed by atoms with Gasteiger partial charge in [0.1, 0.15) is 0 Å². The minimum Gasteiger partial charge on any atom is -0.251 e. The van der Waals surface area contributed by atoms with Gasteiger partial charge in [-0.25, -0.2) is 0 Å². The second kappa shape index (κ2) is 4.66. The first-order valence-corrected chi connectivity index (χ1v) is 4.87. The summed E-state index contributed by atoms with van der Waals surface area (Å²) in [5.41, 5.74) is 1.28. The molecule has 1 rings (SSSR count). The Morgan fingerprint density at radius 3 is 2.60 bits per heavy atom. The Hall–Kier alpha value is -0.120. The van der Waals surface area contributed by atoms with Crippen molar-refractivity contribution in [2.24, 2.45) is 0 Å². The van der Waals surface area contributed by atoms with Gasteiger partial charge in [0, 0.05) is 6.54 Å². The summed E-state index contributed by atoms with van der Waals surface area (Å²) in [6.45, 7) is 0.870. The molecule has 0 aromatic heterocycles. The van der Waals surface area contributed by atoms with Gasteiger partial charge in [-0.3, -0.25) is 4.72 Å². The van der Waals surface area contributed by atoms with Crippen molar-refractivity contribution in [3.8, 4) is 0 Å². The van der Waals surface area contributed by atoms with Crippen molar-refractivity contribution in [1.29, 1.82) is 0 Å². The van der Waals surface area contributed by atoms with Crippen LogP contribution in [0.1, 0.15) is 5.56 Å². The number of hydrogen-bond acceptors (Lipinski definition) is 3. The molecule has 0 saturated heterocycles. The van der Waals surface area contributed by atoms with Gasteiger partial charge in [0.2, 0.25) is 0 Å². The van der Waals surface area contributed by atoms with Crippen molar-refractivity contribution >= 4 is 22.6 Å². The number of hydrogen-bond donors (Lipinski definition) is 2. The molecule has 10 heavy (non-hydrogen) atoms. The molecule has 1 aromatic carbocycles. The van der Waals surface area contributed by atoms with E-state index in [0.717, 1.165) is 6.54 Å². The molecule has 0 fully saturated rings. The number of thiol groups is 1. The quantitative estimate of drug-likeness (QED) is 0.411. The second-order valence-corrected chi connectivity index (χ2v) is 2.92. The van der Waals surface area contributed by atoms with Crippen LogP contribution in [0.15, 0.2) is 30.3 Å². The lowest BCUT2D eigenvalue weighted by atomic mass is 10.2. The predicted octanol–water partition coefficient (Wildman–Crippen LogP) is 2.27. The van der Waals surface area contributed by atoms with E-state index in [-0.39, 0.29) is 0 Å². The summed E-state index contributed by atoms with van der Waals surface area (Å²) in [5, 5.41) is 0. The summed E-state index contributed by atoms with van der Waals surface area (Å²) in [6, 6.07) is 10.2. The fourth-order valence-corrected chi connectivity index (χ4v) is 1.14. The van der Waals surface area contributed by atoms with Crippen molar-refractivity contribution in [1.82, 2.24) is 4.72 Å². The molecule has 0 spiro atoms. The molecular weight excluding hydrogens is 162 g/mol. The van der Waals surface area contributed by atoms with E-state index in [1.54, 1.807) is 0 Å². The molecule has 0 aliphatic carbocycles. The third kappa shape index (κ3) is 2.64. The molecule has 1 aromatic rings. The first-order valence-electron chi connectivity index (χ1n) is 3.00. The molecule has 1 nitrogen and oxygen atoms in total. The third-order valence-electron chi connectivity index (χ3n) is 1.18. The summed E-state index contributed by atoms with van der Waals surface area (Å²) in [4.78, 5) is 0. The van der Waals surface area contributed by atoms with Gasteiger partial charge < -0.3 is 0 Å². The van der Waals surface area contributed by atoms with Gasteiger partial charge in [-0.05, 0) is 16.5 Å². The van der Waals surface area contributed by atoms with Crippen molar-refractivity contribution in [2.45, 2.75) is 6.54 Å². The SMILES string of the molecule is SSNCc1ccccc1. The minimum atomic E-state index is 0.870. The maximum absolute atomic E-state index is 3.96. The van der Waals surface area contributed by atoms with Crippen LogP contribution in [-0.4, -0.2) is 0 Å². The number of rotatable bonds is 3. The van der Waals surface area contributed by atoms with Crippen LogP contribution in [0.25, 0.3) is 0 Å². The Bertz CT molecular complexity index is 176. The van der Waals surface area contributed by atoms with Gasteiger partial charge in [-0.2, -0.15) is 0 Å². The van der Waals surface area contributed by atoms with Crippen LogP contribution in [-0.2, 0) is 6.54 Å². The highest BCUT2D eigenvalue weighted by molar-refractivity contribution is 8.67. The van der Waals surface area contributed by atoms with Gasteiger partial charge in [0.05, 0.1) is 0 Å². The van der Waals surface area contributed by atoms with E-state index in [4.69, 9.17) is 0 Å². The zero-order valence-electron chi connectivity index (χ0n) is 5.45. The van der Waals surface area contributed by atoms with Crippen LogP contribution >= 0.6 is 22.6 Å². The molecule has 0 atom stereocenters. The first kappa shape index (κ1) is 7.98. The normalized spacial score (nSPS) is 9.70. The van der Waals surface area contributed by atoms with Crippen molar-refractivity contribution in [2.75, 3.05) is 0 Å². The molecule has 0 amide bonds. The average molecular weight is 171 g/mol. The Balaban J connectivity index is 2.43. The maximum Gasteiger partial charge on any atom is 0.0317 e. The molecule has 0 aliphatic rings. The summed E-state index contributed by atoms with van der Waals surface area (Å²) in [5.74, 6) is 0. The van der Waals surface area contributed by atoms with E-state index in [1.807, 2.05) is 18.2 Å².